The maximum Gasteiger partial charge on any atom is 0.233 e. The van der Waals surface area contributed by atoms with E-state index >= 15 is 0 Å². The molecule has 6 heteroatoms. The molecule has 0 radical (unpaired) electrons. The lowest BCUT2D eigenvalue weighted by atomic mass is 9.78. The minimum Gasteiger partial charge on any atom is -0.352 e. The first kappa shape index (κ1) is 16.8. The van der Waals surface area contributed by atoms with Gasteiger partial charge in [-0.25, -0.2) is 0 Å². The predicted molar refractivity (Wildman–Crippen MR) is 92.5 cm³/mol. The van der Waals surface area contributed by atoms with Crippen LogP contribution >= 0.6 is 11.8 Å². The van der Waals surface area contributed by atoms with Crippen molar-refractivity contribution in [1.82, 2.24) is 20.1 Å². The second-order valence-corrected chi connectivity index (χ2v) is 8.58. The smallest absolute Gasteiger partial charge is 0.233 e. The van der Waals surface area contributed by atoms with Crippen molar-refractivity contribution in [3.8, 4) is 0 Å². The van der Waals surface area contributed by atoms with Crippen LogP contribution in [0.4, 0.5) is 0 Å². The summed E-state index contributed by atoms with van der Waals surface area (Å²) in [5.74, 6) is 2.33. The van der Waals surface area contributed by atoms with Crippen molar-refractivity contribution in [2.75, 3.05) is 0 Å². The molecule has 128 valence electrons. The number of carbonyl (C=O) groups is 1. The standard InChI is InChI=1S/C17H28N4OS/c1-10-6-5-7-15(11(10)2)18-16(22)12(3)23-17-20-19-13(4)21(17)14-8-9-14/h10-12,14-15H,5-9H2,1-4H3,(H,18,22)/t10-,11-,12-,15+/m0/s1. The van der Waals surface area contributed by atoms with Crippen LogP contribution in [-0.4, -0.2) is 32.0 Å². The summed E-state index contributed by atoms with van der Waals surface area (Å²) in [5, 5.41) is 12.5. The van der Waals surface area contributed by atoms with Gasteiger partial charge in [0, 0.05) is 12.1 Å². The summed E-state index contributed by atoms with van der Waals surface area (Å²) < 4.78 is 2.19. The van der Waals surface area contributed by atoms with Crippen LogP contribution < -0.4 is 5.32 Å². The third-order valence-electron chi connectivity index (χ3n) is 5.43. The number of aromatic nitrogens is 3. The molecule has 5 nitrogen and oxygen atoms in total. The lowest BCUT2D eigenvalue weighted by Gasteiger charge is -2.35. The molecule has 0 aliphatic heterocycles. The van der Waals surface area contributed by atoms with Crippen molar-refractivity contribution < 1.29 is 4.79 Å². The number of nitrogens with one attached hydrogen (secondary N) is 1. The number of amides is 1. The molecule has 1 aromatic heterocycles. The average molecular weight is 337 g/mol. The van der Waals surface area contributed by atoms with E-state index in [1.807, 2.05) is 13.8 Å². The van der Waals surface area contributed by atoms with Gasteiger partial charge in [-0.05, 0) is 44.9 Å². The summed E-state index contributed by atoms with van der Waals surface area (Å²) >= 11 is 1.54. The molecule has 0 aromatic carbocycles. The van der Waals surface area contributed by atoms with Crippen molar-refractivity contribution >= 4 is 17.7 Å². The summed E-state index contributed by atoms with van der Waals surface area (Å²) in [6, 6.07) is 0.860. The molecule has 2 saturated carbocycles. The van der Waals surface area contributed by atoms with Crippen molar-refractivity contribution in [1.29, 1.82) is 0 Å². The number of nitrogens with zero attached hydrogens (tertiary/aromatic N) is 3. The quantitative estimate of drug-likeness (QED) is 0.838. The Bertz CT molecular complexity index is 569. The molecule has 2 fully saturated rings. The fraction of sp³-hybridized carbons (Fsp3) is 0.824. The van der Waals surface area contributed by atoms with Gasteiger partial charge in [-0.3, -0.25) is 4.79 Å². The Balaban J connectivity index is 1.59. The number of rotatable bonds is 5. The van der Waals surface area contributed by atoms with Crippen LogP contribution in [0.15, 0.2) is 5.16 Å². The largest absolute Gasteiger partial charge is 0.352 e. The van der Waals surface area contributed by atoms with E-state index in [4.69, 9.17) is 0 Å². The molecule has 1 aromatic rings. The van der Waals surface area contributed by atoms with Gasteiger partial charge in [-0.1, -0.05) is 38.5 Å². The topological polar surface area (TPSA) is 59.8 Å². The van der Waals surface area contributed by atoms with Gasteiger partial charge in [0.05, 0.1) is 5.25 Å². The van der Waals surface area contributed by atoms with Gasteiger partial charge in [-0.15, -0.1) is 10.2 Å². The van der Waals surface area contributed by atoms with E-state index < -0.39 is 0 Å². The minimum atomic E-state index is -0.138. The van der Waals surface area contributed by atoms with E-state index in [1.165, 1.54) is 37.4 Å². The van der Waals surface area contributed by atoms with Gasteiger partial charge >= 0.3 is 0 Å². The molecule has 2 aliphatic rings. The van der Waals surface area contributed by atoms with Gasteiger partial charge in [0.1, 0.15) is 5.82 Å². The normalized spacial score (nSPS) is 29.3. The molecular formula is C17H28N4OS. The van der Waals surface area contributed by atoms with E-state index in [1.54, 1.807) is 0 Å². The number of thioether (sulfide) groups is 1. The SMILES string of the molecule is Cc1nnc(S[C@@H](C)C(=O)N[C@@H]2CCC[C@H](C)[C@@H]2C)n1C1CC1. The summed E-state index contributed by atoms with van der Waals surface area (Å²) in [6.07, 6.45) is 6.00. The maximum absolute atomic E-state index is 12.6. The maximum atomic E-state index is 12.6. The molecular weight excluding hydrogens is 308 g/mol. The summed E-state index contributed by atoms with van der Waals surface area (Å²) in [5.41, 5.74) is 0. The van der Waals surface area contributed by atoms with Crippen LogP contribution in [0.2, 0.25) is 0 Å². The molecule has 1 amide bonds. The van der Waals surface area contributed by atoms with Crippen molar-refractivity contribution in [3.63, 3.8) is 0 Å². The molecule has 1 heterocycles. The van der Waals surface area contributed by atoms with Crippen LogP contribution in [0.5, 0.6) is 0 Å². The van der Waals surface area contributed by atoms with Crippen LogP contribution in [0.3, 0.4) is 0 Å². The molecule has 0 spiro atoms. The van der Waals surface area contributed by atoms with E-state index in [0.717, 1.165) is 17.4 Å². The van der Waals surface area contributed by atoms with Gasteiger partial charge in [-0.2, -0.15) is 0 Å². The molecule has 0 bridgehead atoms. The molecule has 4 atom stereocenters. The first-order valence-corrected chi connectivity index (χ1v) is 9.74. The van der Waals surface area contributed by atoms with Gasteiger partial charge in [0.2, 0.25) is 5.91 Å². The zero-order valence-corrected chi connectivity index (χ0v) is 15.4. The summed E-state index contributed by atoms with van der Waals surface area (Å²) in [4.78, 5) is 12.6. The van der Waals surface area contributed by atoms with Gasteiger partial charge in [0.25, 0.3) is 0 Å². The fourth-order valence-corrected chi connectivity index (χ4v) is 4.45. The van der Waals surface area contributed by atoms with E-state index in [0.29, 0.717) is 23.9 Å². The van der Waals surface area contributed by atoms with Crippen LogP contribution in [-0.2, 0) is 4.79 Å². The molecule has 23 heavy (non-hydrogen) atoms. The van der Waals surface area contributed by atoms with Crippen molar-refractivity contribution in [3.05, 3.63) is 5.82 Å². The highest BCUT2D eigenvalue weighted by molar-refractivity contribution is 8.00. The highest BCUT2D eigenvalue weighted by Gasteiger charge is 2.32. The third kappa shape index (κ3) is 3.73. The zero-order valence-electron chi connectivity index (χ0n) is 14.6. The van der Waals surface area contributed by atoms with Crippen molar-refractivity contribution in [2.45, 2.75) is 82.3 Å². The molecule has 2 aliphatic carbocycles. The fourth-order valence-electron chi connectivity index (χ4n) is 3.48. The second-order valence-electron chi connectivity index (χ2n) is 7.27. The molecule has 1 N–H and O–H groups in total. The first-order valence-electron chi connectivity index (χ1n) is 8.86. The Hall–Kier alpha value is -1.04. The lowest BCUT2D eigenvalue weighted by Crippen LogP contribution is -2.46. The highest BCUT2D eigenvalue weighted by atomic mass is 32.2. The minimum absolute atomic E-state index is 0.129. The summed E-state index contributed by atoms with van der Waals surface area (Å²) in [6.45, 7) is 8.52. The van der Waals surface area contributed by atoms with Gasteiger partial charge in [0.15, 0.2) is 5.16 Å². The second kappa shape index (κ2) is 6.83. The lowest BCUT2D eigenvalue weighted by molar-refractivity contribution is -0.121. The molecule has 0 unspecified atom stereocenters. The Labute approximate surface area is 143 Å². The Morgan fingerprint density at radius 2 is 2.00 bits per heavy atom. The van der Waals surface area contributed by atoms with Crippen LogP contribution in [0.25, 0.3) is 0 Å². The van der Waals surface area contributed by atoms with Gasteiger partial charge < -0.3 is 9.88 Å². The van der Waals surface area contributed by atoms with E-state index in [9.17, 15) is 4.79 Å². The highest BCUT2D eigenvalue weighted by Crippen LogP contribution is 2.39. The van der Waals surface area contributed by atoms with E-state index in [-0.39, 0.29) is 11.2 Å². The Morgan fingerprint density at radius 1 is 1.26 bits per heavy atom. The Morgan fingerprint density at radius 3 is 2.70 bits per heavy atom. The summed E-state index contributed by atoms with van der Waals surface area (Å²) in [7, 11) is 0. The van der Waals surface area contributed by atoms with E-state index in [2.05, 4.69) is 33.9 Å². The zero-order chi connectivity index (χ0) is 16.6. The van der Waals surface area contributed by atoms with Crippen LogP contribution in [0, 0.1) is 18.8 Å². The first-order chi connectivity index (χ1) is 11.0. The number of hydrogen-bond acceptors (Lipinski definition) is 4. The monoisotopic (exact) mass is 336 g/mol. The molecule has 3 rings (SSSR count). The Kier molecular flexibility index (Phi) is 4.99. The average Bonchev–Trinajstić information content (AvgIpc) is 3.28. The molecule has 0 saturated heterocycles. The van der Waals surface area contributed by atoms with Crippen molar-refractivity contribution in [2.24, 2.45) is 11.8 Å². The number of hydrogen-bond donors (Lipinski definition) is 1. The van der Waals surface area contributed by atoms with Crippen LogP contribution in [0.1, 0.15) is 64.7 Å². The third-order valence-corrected chi connectivity index (χ3v) is 6.49. The number of carbonyl (C=O) groups excluding carboxylic acids is 1. The number of aryl methyl sites for hydroxylation is 1. The predicted octanol–water partition coefficient (Wildman–Crippen LogP) is 3.34.